The summed E-state index contributed by atoms with van der Waals surface area (Å²) in [5, 5.41) is 31.4. The van der Waals surface area contributed by atoms with E-state index in [4.69, 9.17) is 14.6 Å². The van der Waals surface area contributed by atoms with Crippen LogP contribution in [0.2, 0.25) is 0 Å². The number of hydrogen-bond donors (Lipinski definition) is 4. The van der Waals surface area contributed by atoms with Crippen LogP contribution in [0.15, 0.2) is 0 Å². The Balaban J connectivity index is 2.89. The molecule has 1 aliphatic heterocycles. The lowest BCUT2D eigenvalue weighted by Crippen LogP contribution is -2.65. The minimum atomic E-state index is -1.29. The van der Waals surface area contributed by atoms with Crippen LogP contribution in [0.1, 0.15) is 27.7 Å². The van der Waals surface area contributed by atoms with E-state index >= 15 is 0 Å². The molecule has 0 saturated carbocycles. The number of aliphatic hydroxyl groups is 3. The molecule has 1 fully saturated rings. The Hall–Kier alpha value is -0.730. The summed E-state index contributed by atoms with van der Waals surface area (Å²) in [7, 11) is 0. The molecule has 0 bridgehead atoms. The molecule has 0 aromatic rings. The second-order valence-electron chi connectivity index (χ2n) is 5.66. The van der Waals surface area contributed by atoms with Gasteiger partial charge in [0.1, 0.15) is 24.4 Å². The third-order valence-corrected chi connectivity index (χ3v) is 2.72. The predicted molar refractivity (Wildman–Crippen MR) is 66.2 cm³/mol. The van der Waals surface area contributed by atoms with Crippen molar-refractivity contribution >= 4 is 5.91 Å². The van der Waals surface area contributed by atoms with Gasteiger partial charge in [0, 0.05) is 6.92 Å². The monoisotopic (exact) mass is 277 g/mol. The molecule has 112 valence electrons. The smallest absolute Gasteiger partial charge is 0.217 e. The number of carbonyl (C=O) groups excluding carboxylic acids is 1. The van der Waals surface area contributed by atoms with Crippen LogP contribution in [-0.4, -0.2) is 64.1 Å². The van der Waals surface area contributed by atoms with E-state index in [0.717, 1.165) is 0 Å². The molecule has 7 heteroatoms. The minimum absolute atomic E-state index is 0.371. The highest BCUT2D eigenvalue weighted by molar-refractivity contribution is 5.73. The van der Waals surface area contributed by atoms with Gasteiger partial charge < -0.3 is 30.1 Å². The van der Waals surface area contributed by atoms with Crippen LogP contribution in [0.4, 0.5) is 0 Å². The number of carbonyl (C=O) groups is 1. The Bertz CT molecular complexity index is 316. The molecule has 1 amide bonds. The summed E-state index contributed by atoms with van der Waals surface area (Å²) in [5.41, 5.74) is -0.566. The zero-order chi connectivity index (χ0) is 14.8. The normalized spacial score (nSPS) is 36.1. The van der Waals surface area contributed by atoms with Crippen LogP contribution in [-0.2, 0) is 14.3 Å². The van der Waals surface area contributed by atoms with Crippen molar-refractivity contribution < 1.29 is 29.6 Å². The Kier molecular flexibility index (Phi) is 5.28. The van der Waals surface area contributed by atoms with Gasteiger partial charge in [0.05, 0.1) is 12.2 Å². The van der Waals surface area contributed by atoms with Gasteiger partial charge in [0.25, 0.3) is 0 Å². The van der Waals surface area contributed by atoms with Crippen molar-refractivity contribution in [2.75, 3.05) is 6.61 Å². The molecular formula is C12H23NO6. The molecule has 5 unspecified atom stereocenters. The van der Waals surface area contributed by atoms with E-state index in [2.05, 4.69) is 5.32 Å². The van der Waals surface area contributed by atoms with Gasteiger partial charge in [0.2, 0.25) is 5.91 Å². The van der Waals surface area contributed by atoms with Gasteiger partial charge in [-0.2, -0.15) is 0 Å². The molecule has 0 radical (unpaired) electrons. The summed E-state index contributed by atoms with van der Waals surface area (Å²) in [6.07, 6.45) is -4.46. The van der Waals surface area contributed by atoms with E-state index < -0.39 is 42.9 Å². The fourth-order valence-electron chi connectivity index (χ4n) is 1.92. The van der Waals surface area contributed by atoms with E-state index in [1.54, 1.807) is 20.8 Å². The second kappa shape index (κ2) is 6.15. The maximum atomic E-state index is 11.2. The Morgan fingerprint density at radius 2 is 1.89 bits per heavy atom. The fourth-order valence-corrected chi connectivity index (χ4v) is 1.92. The largest absolute Gasteiger partial charge is 0.394 e. The van der Waals surface area contributed by atoms with Crippen LogP contribution >= 0.6 is 0 Å². The van der Waals surface area contributed by atoms with Crippen LogP contribution in [0.3, 0.4) is 0 Å². The van der Waals surface area contributed by atoms with Crippen LogP contribution in [0.5, 0.6) is 0 Å². The average Bonchev–Trinajstić information content (AvgIpc) is 2.26. The third-order valence-electron chi connectivity index (χ3n) is 2.72. The van der Waals surface area contributed by atoms with Crippen LogP contribution in [0, 0.1) is 0 Å². The maximum absolute atomic E-state index is 11.2. The lowest BCUT2D eigenvalue weighted by molar-refractivity contribution is -0.292. The molecule has 1 rings (SSSR count). The summed E-state index contributed by atoms with van der Waals surface area (Å²) in [6, 6.07) is -0.894. The summed E-state index contributed by atoms with van der Waals surface area (Å²) in [6.45, 7) is 6.24. The number of aliphatic hydroxyl groups excluding tert-OH is 3. The highest BCUT2D eigenvalue weighted by Gasteiger charge is 2.46. The standard InChI is InChI=1S/C12H23NO6/c1-6(15)13-8-10(17)9(16)7(5-14)18-11(8)19-12(2,3)4/h7-11,14,16-17H,5H2,1-4H3,(H,13,15). The van der Waals surface area contributed by atoms with E-state index in [-0.39, 0.29) is 5.91 Å². The molecule has 7 nitrogen and oxygen atoms in total. The van der Waals surface area contributed by atoms with Crippen molar-refractivity contribution in [2.24, 2.45) is 0 Å². The third kappa shape index (κ3) is 4.39. The van der Waals surface area contributed by atoms with Crippen molar-refractivity contribution in [1.82, 2.24) is 5.32 Å². The van der Waals surface area contributed by atoms with Crippen LogP contribution in [0.25, 0.3) is 0 Å². The van der Waals surface area contributed by atoms with Gasteiger partial charge in [-0.1, -0.05) is 0 Å². The first-order valence-corrected chi connectivity index (χ1v) is 6.23. The molecule has 0 aromatic carbocycles. The highest BCUT2D eigenvalue weighted by atomic mass is 16.7. The minimum Gasteiger partial charge on any atom is -0.394 e. The van der Waals surface area contributed by atoms with Crippen molar-refractivity contribution in [3.63, 3.8) is 0 Å². The van der Waals surface area contributed by atoms with E-state index in [1.165, 1.54) is 6.92 Å². The molecule has 19 heavy (non-hydrogen) atoms. The summed E-state index contributed by atoms with van der Waals surface area (Å²) >= 11 is 0. The van der Waals surface area contributed by atoms with Gasteiger partial charge in [0.15, 0.2) is 6.29 Å². The zero-order valence-corrected chi connectivity index (χ0v) is 11.7. The summed E-state index contributed by atoms with van der Waals surface area (Å²) in [5.74, 6) is -0.371. The van der Waals surface area contributed by atoms with E-state index in [9.17, 15) is 15.0 Å². The Morgan fingerprint density at radius 1 is 1.32 bits per heavy atom. The van der Waals surface area contributed by atoms with E-state index in [1.807, 2.05) is 0 Å². The number of rotatable bonds is 3. The summed E-state index contributed by atoms with van der Waals surface area (Å²) < 4.78 is 11.0. The lowest BCUT2D eigenvalue weighted by atomic mass is 9.96. The molecule has 1 aliphatic rings. The lowest BCUT2D eigenvalue weighted by Gasteiger charge is -2.44. The highest BCUT2D eigenvalue weighted by Crippen LogP contribution is 2.25. The van der Waals surface area contributed by atoms with Gasteiger partial charge in [-0.05, 0) is 20.8 Å². The molecule has 1 saturated heterocycles. The average molecular weight is 277 g/mol. The topological polar surface area (TPSA) is 108 Å². The van der Waals surface area contributed by atoms with E-state index in [0.29, 0.717) is 0 Å². The Labute approximate surface area is 112 Å². The van der Waals surface area contributed by atoms with Gasteiger partial charge >= 0.3 is 0 Å². The SMILES string of the molecule is CC(=O)NC1C(OC(C)(C)C)OC(CO)C(O)C1O. The zero-order valence-electron chi connectivity index (χ0n) is 11.7. The van der Waals surface area contributed by atoms with Crippen molar-refractivity contribution in [3.8, 4) is 0 Å². The molecule has 0 aliphatic carbocycles. The Morgan fingerprint density at radius 3 is 2.32 bits per heavy atom. The number of ether oxygens (including phenoxy) is 2. The molecule has 4 N–H and O–H groups in total. The molecular weight excluding hydrogens is 254 g/mol. The summed E-state index contributed by atoms with van der Waals surface area (Å²) in [4.78, 5) is 11.2. The predicted octanol–water partition coefficient (Wildman–Crippen LogP) is -1.25. The molecule has 0 spiro atoms. The molecule has 5 atom stereocenters. The molecule has 1 heterocycles. The first-order valence-electron chi connectivity index (χ1n) is 6.23. The van der Waals surface area contributed by atoms with Crippen LogP contribution < -0.4 is 5.32 Å². The van der Waals surface area contributed by atoms with Crippen molar-refractivity contribution in [1.29, 1.82) is 0 Å². The number of hydrogen-bond acceptors (Lipinski definition) is 6. The number of nitrogens with one attached hydrogen (secondary N) is 1. The second-order valence-corrected chi connectivity index (χ2v) is 5.66. The first-order chi connectivity index (χ1) is 8.65. The van der Waals surface area contributed by atoms with Crippen molar-refractivity contribution in [2.45, 2.75) is 63.9 Å². The fraction of sp³-hybridized carbons (Fsp3) is 0.917. The van der Waals surface area contributed by atoms with Gasteiger partial charge in [-0.15, -0.1) is 0 Å². The first kappa shape index (κ1) is 16.3. The molecule has 0 aromatic heterocycles. The maximum Gasteiger partial charge on any atom is 0.217 e. The van der Waals surface area contributed by atoms with Gasteiger partial charge in [-0.3, -0.25) is 4.79 Å². The quantitative estimate of drug-likeness (QED) is 0.513. The van der Waals surface area contributed by atoms with Crippen molar-refractivity contribution in [3.05, 3.63) is 0 Å². The van der Waals surface area contributed by atoms with Gasteiger partial charge in [-0.25, -0.2) is 0 Å². The number of amides is 1.